The van der Waals surface area contributed by atoms with Crippen LogP contribution in [-0.2, 0) is 14.3 Å². The molecule has 4 nitrogen and oxygen atoms in total. The quantitative estimate of drug-likeness (QED) is 0.907. The van der Waals surface area contributed by atoms with E-state index < -0.39 is 6.10 Å². The molecule has 21 heavy (non-hydrogen) atoms. The number of nitrogens with one attached hydrogen (secondary N) is 1. The maximum absolute atomic E-state index is 12.4. The van der Waals surface area contributed by atoms with Crippen molar-refractivity contribution in [3.05, 3.63) is 35.4 Å². The van der Waals surface area contributed by atoms with Crippen molar-refractivity contribution in [2.75, 3.05) is 19.8 Å². The van der Waals surface area contributed by atoms with Crippen molar-refractivity contribution in [2.45, 2.75) is 39.3 Å². The summed E-state index contributed by atoms with van der Waals surface area (Å²) >= 11 is 0. The van der Waals surface area contributed by atoms with Gasteiger partial charge in [0.25, 0.3) is 5.91 Å². The standard InChI is InChI=1S/C17H25NO3/c1-12(2)10-15(14-7-5-4-6-13(14)3)18-17(19)16-11-20-8-9-21-16/h4-7,12,15-16H,8-11H2,1-3H3,(H,18,19)/t15-,16-/m0/s1. The Bertz CT molecular complexity index is 467. The first-order valence-corrected chi connectivity index (χ1v) is 7.63. The van der Waals surface area contributed by atoms with E-state index in [0.717, 1.165) is 6.42 Å². The largest absolute Gasteiger partial charge is 0.376 e. The molecule has 1 saturated heterocycles. The van der Waals surface area contributed by atoms with Gasteiger partial charge in [0.05, 0.1) is 25.9 Å². The molecule has 4 heteroatoms. The highest BCUT2D eigenvalue weighted by Crippen LogP contribution is 2.24. The summed E-state index contributed by atoms with van der Waals surface area (Å²) in [5, 5.41) is 3.13. The third-order valence-electron chi connectivity index (χ3n) is 3.70. The molecule has 1 amide bonds. The zero-order chi connectivity index (χ0) is 15.2. The molecular formula is C17H25NO3. The van der Waals surface area contributed by atoms with Gasteiger partial charge in [-0.3, -0.25) is 4.79 Å². The summed E-state index contributed by atoms with van der Waals surface area (Å²) in [5.41, 5.74) is 2.38. The predicted octanol–water partition coefficient (Wildman–Crippen LogP) is 2.61. The van der Waals surface area contributed by atoms with Crippen molar-refractivity contribution in [1.82, 2.24) is 5.32 Å². The molecule has 1 aromatic rings. The fourth-order valence-corrected chi connectivity index (χ4v) is 2.62. The molecular weight excluding hydrogens is 266 g/mol. The Labute approximate surface area is 126 Å². The van der Waals surface area contributed by atoms with Crippen LogP contribution >= 0.6 is 0 Å². The second-order valence-electron chi connectivity index (χ2n) is 5.98. The van der Waals surface area contributed by atoms with Gasteiger partial charge in [0.15, 0.2) is 6.10 Å². The Kier molecular flexibility index (Phi) is 5.76. The van der Waals surface area contributed by atoms with Crippen LogP contribution in [0.4, 0.5) is 0 Å². The molecule has 0 bridgehead atoms. The van der Waals surface area contributed by atoms with Gasteiger partial charge in [0, 0.05) is 0 Å². The minimum atomic E-state index is -0.488. The molecule has 0 radical (unpaired) electrons. The van der Waals surface area contributed by atoms with Crippen molar-refractivity contribution in [3.8, 4) is 0 Å². The third-order valence-corrected chi connectivity index (χ3v) is 3.70. The van der Waals surface area contributed by atoms with Crippen molar-refractivity contribution in [2.24, 2.45) is 5.92 Å². The normalized spacial score (nSPS) is 20.3. The van der Waals surface area contributed by atoms with Crippen LogP contribution in [0.15, 0.2) is 24.3 Å². The monoisotopic (exact) mass is 291 g/mol. The maximum atomic E-state index is 12.4. The molecule has 0 aromatic heterocycles. The molecule has 1 N–H and O–H groups in total. The van der Waals surface area contributed by atoms with Crippen molar-refractivity contribution < 1.29 is 14.3 Å². The zero-order valence-corrected chi connectivity index (χ0v) is 13.1. The summed E-state index contributed by atoms with van der Waals surface area (Å²) in [6.45, 7) is 7.80. The highest BCUT2D eigenvalue weighted by molar-refractivity contribution is 5.81. The van der Waals surface area contributed by atoms with Crippen LogP contribution in [0.5, 0.6) is 0 Å². The van der Waals surface area contributed by atoms with Crippen LogP contribution in [0.3, 0.4) is 0 Å². The van der Waals surface area contributed by atoms with Crippen LogP contribution < -0.4 is 5.32 Å². The first-order valence-electron chi connectivity index (χ1n) is 7.63. The van der Waals surface area contributed by atoms with Crippen LogP contribution in [0.2, 0.25) is 0 Å². The zero-order valence-electron chi connectivity index (χ0n) is 13.1. The van der Waals surface area contributed by atoms with E-state index in [1.54, 1.807) is 0 Å². The highest BCUT2D eigenvalue weighted by atomic mass is 16.6. The minimum Gasteiger partial charge on any atom is -0.376 e. The number of carbonyl (C=O) groups excluding carboxylic acids is 1. The van der Waals surface area contributed by atoms with Crippen molar-refractivity contribution in [1.29, 1.82) is 0 Å². The van der Waals surface area contributed by atoms with Crippen LogP contribution in [0.1, 0.15) is 37.4 Å². The number of ether oxygens (including phenoxy) is 2. The van der Waals surface area contributed by atoms with E-state index in [2.05, 4.69) is 38.2 Å². The molecule has 2 rings (SSSR count). The molecule has 2 atom stereocenters. The third kappa shape index (κ3) is 4.55. The van der Waals surface area contributed by atoms with E-state index >= 15 is 0 Å². The second-order valence-corrected chi connectivity index (χ2v) is 5.98. The molecule has 0 saturated carbocycles. The fourth-order valence-electron chi connectivity index (χ4n) is 2.62. The van der Waals surface area contributed by atoms with Crippen molar-refractivity contribution >= 4 is 5.91 Å². The Morgan fingerprint density at radius 1 is 1.33 bits per heavy atom. The van der Waals surface area contributed by atoms with E-state index in [-0.39, 0.29) is 11.9 Å². The molecule has 0 aliphatic carbocycles. The van der Waals surface area contributed by atoms with Gasteiger partial charge in [-0.15, -0.1) is 0 Å². The molecule has 0 unspecified atom stereocenters. The van der Waals surface area contributed by atoms with Gasteiger partial charge in [0.2, 0.25) is 0 Å². The van der Waals surface area contributed by atoms with Crippen molar-refractivity contribution in [3.63, 3.8) is 0 Å². The number of amides is 1. The Balaban J connectivity index is 2.09. The van der Waals surface area contributed by atoms with Gasteiger partial charge in [-0.2, -0.15) is 0 Å². The minimum absolute atomic E-state index is 0.0178. The summed E-state index contributed by atoms with van der Waals surface area (Å²) in [4.78, 5) is 12.4. The lowest BCUT2D eigenvalue weighted by Gasteiger charge is -2.27. The topological polar surface area (TPSA) is 47.6 Å². The number of carbonyl (C=O) groups is 1. The smallest absolute Gasteiger partial charge is 0.252 e. The second kappa shape index (κ2) is 7.57. The molecule has 1 fully saturated rings. The lowest BCUT2D eigenvalue weighted by molar-refractivity contribution is -0.148. The van der Waals surface area contributed by atoms with Gasteiger partial charge in [0.1, 0.15) is 0 Å². The lowest BCUT2D eigenvalue weighted by atomic mass is 9.93. The number of benzene rings is 1. The average Bonchev–Trinajstić information content (AvgIpc) is 2.47. The van der Waals surface area contributed by atoms with E-state index in [4.69, 9.17) is 9.47 Å². The molecule has 1 heterocycles. The Morgan fingerprint density at radius 3 is 2.71 bits per heavy atom. The van der Waals surface area contributed by atoms with Crippen LogP contribution in [-0.4, -0.2) is 31.8 Å². The van der Waals surface area contributed by atoms with E-state index in [1.165, 1.54) is 11.1 Å². The lowest BCUT2D eigenvalue weighted by Crippen LogP contribution is -2.44. The van der Waals surface area contributed by atoms with E-state index in [0.29, 0.717) is 25.7 Å². The first kappa shape index (κ1) is 16.0. The molecule has 116 valence electrons. The highest BCUT2D eigenvalue weighted by Gasteiger charge is 2.26. The predicted molar refractivity (Wildman–Crippen MR) is 82.1 cm³/mol. The average molecular weight is 291 g/mol. The maximum Gasteiger partial charge on any atom is 0.252 e. The summed E-state index contributed by atoms with van der Waals surface area (Å²) in [6.07, 6.45) is 0.418. The number of hydrogen-bond donors (Lipinski definition) is 1. The Morgan fingerprint density at radius 2 is 2.10 bits per heavy atom. The van der Waals surface area contributed by atoms with E-state index in [1.807, 2.05) is 12.1 Å². The van der Waals surface area contributed by atoms with Crippen LogP contribution in [0, 0.1) is 12.8 Å². The van der Waals surface area contributed by atoms with Gasteiger partial charge in [-0.1, -0.05) is 38.1 Å². The fraction of sp³-hybridized carbons (Fsp3) is 0.588. The number of rotatable bonds is 5. The van der Waals surface area contributed by atoms with Gasteiger partial charge in [-0.05, 0) is 30.4 Å². The Hall–Kier alpha value is -1.39. The van der Waals surface area contributed by atoms with Gasteiger partial charge >= 0.3 is 0 Å². The first-order chi connectivity index (χ1) is 10.1. The SMILES string of the molecule is Cc1ccccc1[C@H](CC(C)C)NC(=O)[C@@H]1COCCO1. The van der Waals surface area contributed by atoms with Gasteiger partial charge in [-0.25, -0.2) is 0 Å². The van der Waals surface area contributed by atoms with Crippen LogP contribution in [0.25, 0.3) is 0 Å². The molecule has 1 aromatic carbocycles. The molecule has 1 aliphatic rings. The number of aryl methyl sites for hydroxylation is 1. The summed E-state index contributed by atoms with van der Waals surface area (Å²) < 4.78 is 10.8. The number of hydrogen-bond acceptors (Lipinski definition) is 3. The van der Waals surface area contributed by atoms with E-state index in [9.17, 15) is 4.79 Å². The van der Waals surface area contributed by atoms with Gasteiger partial charge < -0.3 is 14.8 Å². The summed E-state index contributed by atoms with van der Waals surface area (Å²) in [5.74, 6) is 0.419. The summed E-state index contributed by atoms with van der Waals surface area (Å²) in [7, 11) is 0. The summed E-state index contributed by atoms with van der Waals surface area (Å²) in [6, 6.07) is 8.22. The molecule has 1 aliphatic heterocycles. The molecule has 0 spiro atoms.